The van der Waals surface area contributed by atoms with Gasteiger partial charge in [0.2, 0.25) is 5.91 Å². The summed E-state index contributed by atoms with van der Waals surface area (Å²) < 4.78 is 7.06. The first-order chi connectivity index (χ1) is 14.0. The van der Waals surface area contributed by atoms with Gasteiger partial charge in [-0.3, -0.25) is 4.79 Å². The van der Waals surface area contributed by atoms with Gasteiger partial charge in [-0.1, -0.05) is 47.1 Å². The van der Waals surface area contributed by atoms with Crippen LogP contribution in [0.5, 0.6) is 5.75 Å². The lowest BCUT2D eigenvalue weighted by atomic mass is 10.2. The van der Waals surface area contributed by atoms with Crippen LogP contribution >= 0.6 is 35.0 Å². The van der Waals surface area contributed by atoms with E-state index in [1.165, 1.54) is 11.8 Å². The molecule has 29 heavy (non-hydrogen) atoms. The van der Waals surface area contributed by atoms with Crippen LogP contribution in [0.1, 0.15) is 12.5 Å². The molecule has 0 saturated carbocycles. The molecule has 0 aliphatic carbocycles. The summed E-state index contributed by atoms with van der Waals surface area (Å²) in [5.74, 6) is 1.59. The molecule has 3 aromatic rings. The van der Waals surface area contributed by atoms with E-state index in [9.17, 15) is 4.79 Å². The number of nitrogens with zero attached hydrogens (tertiary/aromatic N) is 3. The first kappa shape index (κ1) is 21.5. The van der Waals surface area contributed by atoms with E-state index >= 15 is 0 Å². The van der Waals surface area contributed by atoms with Gasteiger partial charge in [0.15, 0.2) is 11.0 Å². The first-order valence-corrected chi connectivity index (χ1v) is 10.7. The molecule has 0 aliphatic heterocycles. The molecule has 3 rings (SSSR count). The zero-order valence-corrected chi connectivity index (χ0v) is 18.3. The van der Waals surface area contributed by atoms with Crippen LogP contribution < -0.4 is 10.1 Å². The predicted molar refractivity (Wildman–Crippen MR) is 117 cm³/mol. The lowest BCUT2D eigenvalue weighted by molar-refractivity contribution is -0.118. The molecule has 1 N–H and O–H groups in total. The maximum absolute atomic E-state index is 12.2. The average Bonchev–Trinajstić information content (AvgIpc) is 3.13. The molecule has 0 bridgehead atoms. The normalized spacial score (nSPS) is 10.8. The summed E-state index contributed by atoms with van der Waals surface area (Å²) in [4.78, 5) is 12.2. The van der Waals surface area contributed by atoms with Crippen molar-refractivity contribution in [3.05, 3.63) is 58.1 Å². The van der Waals surface area contributed by atoms with Gasteiger partial charge in [0.25, 0.3) is 0 Å². The van der Waals surface area contributed by atoms with Crippen molar-refractivity contribution in [2.24, 2.45) is 0 Å². The fourth-order valence-corrected chi connectivity index (χ4v) is 4.00. The standard InChI is InChI=1S/C20H20Cl2N4O2S/c1-3-26-19(16-9-6-14(21)10-17(16)22)24-25-20(26)29-12-18(27)23-11-13-4-7-15(28-2)8-5-13/h4-10H,3,11-12H2,1-2H3,(H,23,27). The molecular formula is C20H20Cl2N4O2S. The van der Waals surface area contributed by atoms with Crippen LogP contribution in [0, 0.1) is 0 Å². The highest BCUT2D eigenvalue weighted by molar-refractivity contribution is 7.99. The van der Waals surface area contributed by atoms with Crippen LogP contribution in [0.4, 0.5) is 0 Å². The molecule has 0 aliphatic rings. The molecule has 0 fully saturated rings. The second-order valence-corrected chi connectivity index (χ2v) is 7.87. The van der Waals surface area contributed by atoms with Gasteiger partial charge < -0.3 is 14.6 Å². The molecule has 0 saturated heterocycles. The second-order valence-electron chi connectivity index (χ2n) is 6.09. The minimum Gasteiger partial charge on any atom is -0.497 e. The predicted octanol–water partition coefficient (Wildman–Crippen LogP) is 4.69. The van der Waals surface area contributed by atoms with Crippen LogP contribution in [0.3, 0.4) is 0 Å². The molecule has 0 atom stereocenters. The van der Waals surface area contributed by atoms with Gasteiger partial charge in [0.1, 0.15) is 5.75 Å². The third-order valence-electron chi connectivity index (χ3n) is 4.19. The number of carbonyl (C=O) groups excluding carboxylic acids is 1. The van der Waals surface area contributed by atoms with Crippen LogP contribution in [-0.2, 0) is 17.9 Å². The average molecular weight is 451 g/mol. The molecule has 1 heterocycles. The quantitative estimate of drug-likeness (QED) is 0.504. The van der Waals surface area contributed by atoms with Crippen molar-refractivity contribution in [2.45, 2.75) is 25.2 Å². The van der Waals surface area contributed by atoms with E-state index in [0.29, 0.717) is 34.1 Å². The molecular weight excluding hydrogens is 431 g/mol. The molecule has 9 heteroatoms. The van der Waals surface area contributed by atoms with E-state index in [0.717, 1.165) is 16.9 Å². The van der Waals surface area contributed by atoms with E-state index in [-0.39, 0.29) is 11.7 Å². The Kier molecular flexibility index (Phi) is 7.41. The Labute approximate surface area is 183 Å². The zero-order valence-electron chi connectivity index (χ0n) is 16.0. The highest BCUT2D eigenvalue weighted by atomic mass is 35.5. The smallest absolute Gasteiger partial charge is 0.230 e. The van der Waals surface area contributed by atoms with Crippen LogP contribution in [0.15, 0.2) is 47.6 Å². The Bertz CT molecular complexity index is 993. The maximum atomic E-state index is 12.2. The topological polar surface area (TPSA) is 69.0 Å². The lowest BCUT2D eigenvalue weighted by Crippen LogP contribution is -2.24. The second kappa shape index (κ2) is 10.0. The van der Waals surface area contributed by atoms with Crippen molar-refractivity contribution in [1.29, 1.82) is 0 Å². The first-order valence-electron chi connectivity index (χ1n) is 8.93. The minimum absolute atomic E-state index is 0.0810. The van der Waals surface area contributed by atoms with Gasteiger partial charge in [-0.05, 0) is 42.8 Å². The van der Waals surface area contributed by atoms with E-state index in [1.54, 1.807) is 19.2 Å². The van der Waals surface area contributed by atoms with Crippen molar-refractivity contribution in [2.75, 3.05) is 12.9 Å². The molecule has 0 unspecified atom stereocenters. The van der Waals surface area contributed by atoms with E-state index in [2.05, 4.69) is 15.5 Å². The van der Waals surface area contributed by atoms with E-state index in [4.69, 9.17) is 27.9 Å². The van der Waals surface area contributed by atoms with Crippen LogP contribution in [0.25, 0.3) is 11.4 Å². The molecule has 6 nitrogen and oxygen atoms in total. The molecule has 1 aromatic heterocycles. The molecule has 0 spiro atoms. The Morgan fingerprint density at radius 1 is 1.17 bits per heavy atom. The summed E-state index contributed by atoms with van der Waals surface area (Å²) in [6, 6.07) is 12.8. The number of benzene rings is 2. The van der Waals surface area contributed by atoms with Crippen molar-refractivity contribution in [3.8, 4) is 17.1 Å². The zero-order chi connectivity index (χ0) is 20.8. The number of hydrogen-bond donors (Lipinski definition) is 1. The summed E-state index contributed by atoms with van der Waals surface area (Å²) in [6.45, 7) is 3.09. The number of methoxy groups -OCH3 is 1. The Morgan fingerprint density at radius 2 is 1.93 bits per heavy atom. The Balaban J connectivity index is 1.61. The number of ether oxygens (including phenoxy) is 1. The van der Waals surface area contributed by atoms with E-state index in [1.807, 2.05) is 41.8 Å². The summed E-state index contributed by atoms with van der Waals surface area (Å²) >= 11 is 13.6. The fraction of sp³-hybridized carbons (Fsp3) is 0.250. The third-order valence-corrected chi connectivity index (χ3v) is 5.70. The van der Waals surface area contributed by atoms with E-state index < -0.39 is 0 Å². The van der Waals surface area contributed by atoms with Gasteiger partial charge in [0.05, 0.1) is 17.9 Å². The molecule has 2 aromatic carbocycles. The Morgan fingerprint density at radius 3 is 2.59 bits per heavy atom. The van der Waals surface area contributed by atoms with Crippen LogP contribution in [0.2, 0.25) is 10.0 Å². The van der Waals surface area contributed by atoms with Crippen molar-refractivity contribution >= 4 is 40.9 Å². The van der Waals surface area contributed by atoms with Crippen molar-refractivity contribution in [3.63, 3.8) is 0 Å². The van der Waals surface area contributed by atoms with Gasteiger partial charge in [0, 0.05) is 23.7 Å². The van der Waals surface area contributed by atoms with Gasteiger partial charge in [-0.2, -0.15) is 0 Å². The molecule has 1 amide bonds. The number of thioether (sulfide) groups is 1. The number of nitrogens with one attached hydrogen (secondary N) is 1. The number of rotatable bonds is 8. The monoisotopic (exact) mass is 450 g/mol. The largest absolute Gasteiger partial charge is 0.497 e. The Hall–Kier alpha value is -2.22. The van der Waals surface area contributed by atoms with Crippen molar-refractivity contribution in [1.82, 2.24) is 20.1 Å². The van der Waals surface area contributed by atoms with Crippen molar-refractivity contribution < 1.29 is 9.53 Å². The van der Waals surface area contributed by atoms with Gasteiger partial charge in [-0.15, -0.1) is 10.2 Å². The molecule has 0 radical (unpaired) electrons. The fourth-order valence-electron chi connectivity index (χ4n) is 2.68. The highest BCUT2D eigenvalue weighted by Crippen LogP contribution is 2.31. The lowest BCUT2D eigenvalue weighted by Gasteiger charge is -2.09. The highest BCUT2D eigenvalue weighted by Gasteiger charge is 2.16. The van der Waals surface area contributed by atoms with Crippen LogP contribution in [-0.4, -0.2) is 33.5 Å². The maximum Gasteiger partial charge on any atom is 0.230 e. The number of carbonyl (C=O) groups is 1. The van der Waals surface area contributed by atoms with Gasteiger partial charge in [-0.25, -0.2) is 0 Å². The minimum atomic E-state index is -0.0810. The number of aromatic nitrogens is 3. The summed E-state index contributed by atoms with van der Waals surface area (Å²) in [5.41, 5.74) is 1.75. The third kappa shape index (κ3) is 5.44. The SMILES string of the molecule is CCn1c(SCC(=O)NCc2ccc(OC)cc2)nnc1-c1ccc(Cl)cc1Cl. The summed E-state index contributed by atoms with van der Waals surface area (Å²) in [5, 5.41) is 13.1. The summed E-state index contributed by atoms with van der Waals surface area (Å²) in [7, 11) is 1.62. The molecule has 152 valence electrons. The number of hydrogen-bond acceptors (Lipinski definition) is 5. The number of halogens is 2. The van der Waals surface area contributed by atoms with Gasteiger partial charge >= 0.3 is 0 Å². The number of amides is 1. The summed E-state index contributed by atoms with van der Waals surface area (Å²) in [6.07, 6.45) is 0.